The summed E-state index contributed by atoms with van der Waals surface area (Å²) in [4.78, 5) is 10.5. The molecule has 2 amide bonds. The number of amides is 2. The number of nitrogens with zero attached hydrogens (tertiary/aromatic N) is 1. The average Bonchev–Trinajstić information content (AvgIpc) is 2.18. The second-order valence-corrected chi connectivity index (χ2v) is 4.70. The van der Waals surface area contributed by atoms with Gasteiger partial charge >= 0.3 is 6.03 Å². The van der Waals surface area contributed by atoms with E-state index < -0.39 is 16.1 Å². The summed E-state index contributed by atoms with van der Waals surface area (Å²) in [6.45, 7) is 0. The zero-order chi connectivity index (χ0) is 10.8. The smallest absolute Gasteiger partial charge is 0.344 e. The summed E-state index contributed by atoms with van der Waals surface area (Å²) < 4.78 is 22.9. The van der Waals surface area contributed by atoms with E-state index in [2.05, 4.69) is 0 Å². The number of carbonyl (C=O) groups is 1. The van der Waals surface area contributed by atoms with Crippen LogP contribution in [0.1, 0.15) is 0 Å². The second kappa shape index (κ2) is 3.85. The minimum Gasteiger partial charge on any atom is -0.350 e. The van der Waals surface area contributed by atoms with Gasteiger partial charge in [-0.1, -0.05) is 18.2 Å². The molecule has 2 N–H and O–H groups in total. The highest BCUT2D eigenvalue weighted by Crippen LogP contribution is 2.16. The Hall–Kier alpha value is -1.27. The maximum atomic E-state index is 11.5. The Kier molecular flexibility index (Phi) is 2.97. The van der Waals surface area contributed by atoms with Crippen molar-refractivity contribution in [3.8, 4) is 0 Å². The third kappa shape index (κ3) is 1.97. The number of nitrogens with two attached hydrogens (primary N) is 1. The summed E-state index contributed by atoms with van der Waals surface area (Å²) in [5.41, 5.74) is 4.74. The normalized spacial score (nSPS) is 10.9. The summed E-state index contributed by atoms with van der Waals surface area (Å²) in [5, 5.41) is 0. The maximum Gasteiger partial charge on any atom is 0.344 e. The van der Waals surface area contributed by atoms with E-state index in [4.69, 9.17) is 17.5 Å². The van der Waals surface area contributed by atoms with Crippen LogP contribution in [0.5, 0.6) is 0 Å². The first-order valence-electron chi connectivity index (χ1n) is 3.52. The fourth-order valence-electron chi connectivity index (χ4n) is 0.803. The molecule has 5 nitrogen and oxygen atoms in total. The summed E-state index contributed by atoms with van der Waals surface area (Å²) in [5.74, 6) is 0. The molecule has 1 aromatic rings. The van der Waals surface area contributed by atoms with Gasteiger partial charge in [0.25, 0.3) is 10.0 Å². The number of benzene rings is 1. The van der Waals surface area contributed by atoms with Crippen molar-refractivity contribution in [1.82, 2.24) is 3.82 Å². The van der Waals surface area contributed by atoms with Crippen LogP contribution >= 0.6 is 11.8 Å². The first-order valence-corrected chi connectivity index (χ1v) is 5.29. The van der Waals surface area contributed by atoms with E-state index in [0.29, 0.717) is 0 Å². The zero-order valence-electron chi connectivity index (χ0n) is 6.92. The van der Waals surface area contributed by atoms with Crippen LogP contribution < -0.4 is 5.73 Å². The number of sulfonamides is 1. The highest BCUT2D eigenvalue weighted by Gasteiger charge is 2.25. The SMILES string of the molecule is NC(=O)N(Cl)S(=O)(=O)c1ccccc1. The second-order valence-electron chi connectivity index (χ2n) is 2.37. The van der Waals surface area contributed by atoms with E-state index >= 15 is 0 Å². The molecule has 0 radical (unpaired) electrons. The molecule has 1 rings (SSSR count). The van der Waals surface area contributed by atoms with Crippen molar-refractivity contribution < 1.29 is 13.2 Å². The monoisotopic (exact) mass is 234 g/mol. The summed E-state index contributed by atoms with van der Waals surface area (Å²) in [6.07, 6.45) is 0. The quantitative estimate of drug-likeness (QED) is 0.773. The van der Waals surface area contributed by atoms with Crippen LogP contribution in [0.3, 0.4) is 0 Å². The van der Waals surface area contributed by atoms with E-state index in [1.165, 1.54) is 24.3 Å². The largest absolute Gasteiger partial charge is 0.350 e. The zero-order valence-corrected chi connectivity index (χ0v) is 8.49. The van der Waals surface area contributed by atoms with Crippen molar-refractivity contribution in [2.75, 3.05) is 0 Å². The topological polar surface area (TPSA) is 80.5 Å². The molecule has 1 aromatic carbocycles. The lowest BCUT2D eigenvalue weighted by Crippen LogP contribution is -2.33. The predicted molar refractivity (Wildman–Crippen MR) is 50.9 cm³/mol. The highest BCUT2D eigenvalue weighted by molar-refractivity contribution is 7.90. The lowest BCUT2D eigenvalue weighted by molar-refractivity contribution is 0.244. The third-order valence-electron chi connectivity index (χ3n) is 1.43. The average molecular weight is 235 g/mol. The number of hydrogen-bond donors (Lipinski definition) is 1. The van der Waals surface area contributed by atoms with Gasteiger partial charge in [0.05, 0.1) is 4.90 Å². The number of carbonyl (C=O) groups excluding carboxylic acids is 1. The van der Waals surface area contributed by atoms with Gasteiger partial charge in [0.1, 0.15) is 0 Å². The van der Waals surface area contributed by atoms with E-state index in [1.54, 1.807) is 6.07 Å². The van der Waals surface area contributed by atoms with Gasteiger partial charge < -0.3 is 5.73 Å². The molecule has 0 aliphatic heterocycles. The van der Waals surface area contributed by atoms with E-state index in [1.807, 2.05) is 0 Å². The molecule has 7 heteroatoms. The molecule has 0 heterocycles. The molecule has 0 fully saturated rings. The molecule has 0 aromatic heterocycles. The van der Waals surface area contributed by atoms with E-state index in [-0.39, 0.29) is 8.72 Å². The Morgan fingerprint density at radius 1 is 1.29 bits per heavy atom. The summed E-state index contributed by atoms with van der Waals surface area (Å²) in [7, 11) is -4.01. The predicted octanol–water partition coefficient (Wildman–Crippen LogP) is 0.910. The third-order valence-corrected chi connectivity index (χ3v) is 3.61. The first-order chi connectivity index (χ1) is 6.46. The van der Waals surface area contributed by atoms with Crippen molar-refractivity contribution in [3.63, 3.8) is 0 Å². The molecule has 0 unspecified atom stereocenters. The van der Waals surface area contributed by atoms with Crippen LogP contribution in [0.15, 0.2) is 35.2 Å². The molecule has 14 heavy (non-hydrogen) atoms. The summed E-state index contributed by atoms with van der Waals surface area (Å²) >= 11 is 5.21. The van der Waals surface area contributed by atoms with Gasteiger partial charge in [-0.2, -0.15) is 8.42 Å². The molecule has 0 spiro atoms. The Morgan fingerprint density at radius 3 is 2.21 bits per heavy atom. The Bertz CT molecular complexity index is 432. The van der Waals surface area contributed by atoms with Crippen molar-refractivity contribution >= 4 is 27.8 Å². The van der Waals surface area contributed by atoms with Crippen molar-refractivity contribution in [3.05, 3.63) is 30.3 Å². The van der Waals surface area contributed by atoms with Crippen molar-refractivity contribution in [2.45, 2.75) is 4.90 Å². The van der Waals surface area contributed by atoms with Gasteiger partial charge in [-0.25, -0.2) is 4.79 Å². The molecular weight excluding hydrogens is 228 g/mol. The molecule has 0 bridgehead atoms. The fourth-order valence-corrected chi connectivity index (χ4v) is 1.97. The number of halogens is 1. The van der Waals surface area contributed by atoms with Gasteiger partial charge in [-0.3, -0.25) is 0 Å². The van der Waals surface area contributed by atoms with Crippen LogP contribution in [-0.4, -0.2) is 18.3 Å². The van der Waals surface area contributed by atoms with Crippen LogP contribution in [0.4, 0.5) is 4.79 Å². The summed E-state index contributed by atoms with van der Waals surface area (Å²) in [6, 6.07) is 6.05. The molecule has 0 saturated heterocycles. The van der Waals surface area contributed by atoms with Crippen LogP contribution in [-0.2, 0) is 10.0 Å². The van der Waals surface area contributed by atoms with Gasteiger partial charge in [0, 0.05) is 11.8 Å². The van der Waals surface area contributed by atoms with Crippen LogP contribution in [0, 0.1) is 0 Å². The Balaban J connectivity index is 3.16. The number of hydrogen-bond acceptors (Lipinski definition) is 3. The Labute approximate surface area is 86.2 Å². The molecule has 0 atom stereocenters. The molecule has 76 valence electrons. The Morgan fingerprint density at radius 2 is 1.79 bits per heavy atom. The van der Waals surface area contributed by atoms with Crippen molar-refractivity contribution in [1.29, 1.82) is 0 Å². The number of urea groups is 1. The van der Waals surface area contributed by atoms with Crippen LogP contribution in [0.2, 0.25) is 0 Å². The maximum absolute atomic E-state index is 11.5. The van der Waals surface area contributed by atoms with Gasteiger partial charge in [0.15, 0.2) is 0 Å². The molecule has 0 aliphatic rings. The standard InChI is InChI=1S/C7H7ClN2O3S/c8-10(7(9)11)14(12,13)6-4-2-1-3-5-6/h1-5H,(H2,9,11). The van der Waals surface area contributed by atoms with Gasteiger partial charge in [-0.05, 0) is 12.1 Å². The number of primary amides is 1. The lowest BCUT2D eigenvalue weighted by Gasteiger charge is -2.10. The lowest BCUT2D eigenvalue weighted by atomic mass is 10.4. The van der Waals surface area contributed by atoms with Gasteiger partial charge in [-0.15, -0.1) is 3.82 Å². The van der Waals surface area contributed by atoms with E-state index in [0.717, 1.165) is 0 Å². The molecule has 0 saturated carbocycles. The first kappa shape index (κ1) is 10.8. The van der Waals surface area contributed by atoms with E-state index in [9.17, 15) is 13.2 Å². The van der Waals surface area contributed by atoms with Crippen molar-refractivity contribution in [2.24, 2.45) is 5.73 Å². The van der Waals surface area contributed by atoms with Gasteiger partial charge in [0.2, 0.25) is 0 Å². The fraction of sp³-hybridized carbons (Fsp3) is 0. The minimum atomic E-state index is -4.01. The highest BCUT2D eigenvalue weighted by atomic mass is 35.5. The minimum absolute atomic E-state index is 0.0255. The number of rotatable bonds is 2. The van der Waals surface area contributed by atoms with Crippen LogP contribution in [0.25, 0.3) is 0 Å². The molecular formula is C7H7ClN2O3S. The molecule has 0 aliphatic carbocycles.